The van der Waals surface area contributed by atoms with Crippen LogP contribution in [-0.4, -0.2) is 19.0 Å². The monoisotopic (exact) mass is 184 g/mol. The Kier molecular flexibility index (Phi) is 2.41. The molecule has 1 heterocycles. The first-order chi connectivity index (χ1) is 5.40. The summed E-state index contributed by atoms with van der Waals surface area (Å²) in [7, 11) is -1.83. The fourth-order valence-electron chi connectivity index (χ4n) is 1.80. The second kappa shape index (κ2) is 2.93. The third kappa shape index (κ3) is 1.75. The molecular weight excluding hydrogens is 167 g/mol. The third-order valence-electron chi connectivity index (χ3n) is 3.18. The van der Waals surface area contributed by atoms with E-state index in [0.717, 1.165) is 18.7 Å². The minimum atomic E-state index is -1.83. The van der Waals surface area contributed by atoms with Crippen LogP contribution >= 0.6 is 7.14 Å². The van der Waals surface area contributed by atoms with Gasteiger partial charge in [0.2, 0.25) is 0 Å². The van der Waals surface area contributed by atoms with E-state index >= 15 is 0 Å². The zero-order valence-electron chi connectivity index (χ0n) is 8.13. The van der Waals surface area contributed by atoms with Crippen LogP contribution in [0.2, 0.25) is 0 Å². The summed E-state index contributed by atoms with van der Waals surface area (Å²) in [5.41, 5.74) is -0.01000. The molecule has 68 valence electrons. The van der Waals surface area contributed by atoms with E-state index in [-0.39, 0.29) is 5.41 Å². The first-order valence-corrected chi connectivity index (χ1v) is 6.95. The Hall–Kier alpha value is -0.210. The van der Waals surface area contributed by atoms with Crippen LogP contribution in [0, 0.1) is 23.7 Å². The highest BCUT2D eigenvalue weighted by Gasteiger charge is 2.38. The van der Waals surface area contributed by atoms with Crippen molar-refractivity contribution in [1.82, 2.24) is 0 Å². The van der Waals surface area contributed by atoms with Crippen molar-refractivity contribution < 1.29 is 4.57 Å². The number of rotatable bonds is 0. The summed E-state index contributed by atoms with van der Waals surface area (Å²) >= 11 is 0. The molecule has 1 rings (SSSR count). The van der Waals surface area contributed by atoms with Crippen LogP contribution in [0.3, 0.4) is 0 Å². The van der Waals surface area contributed by atoms with Gasteiger partial charge in [0, 0.05) is 17.7 Å². The lowest BCUT2D eigenvalue weighted by Crippen LogP contribution is -2.32. The Bertz CT molecular complexity index is 264. The van der Waals surface area contributed by atoms with Crippen LogP contribution in [0.15, 0.2) is 0 Å². The third-order valence-corrected chi connectivity index (χ3v) is 5.67. The maximum atomic E-state index is 11.8. The average Bonchev–Trinajstić information content (AvgIpc) is 1.97. The molecule has 0 bridgehead atoms. The van der Waals surface area contributed by atoms with E-state index in [0.29, 0.717) is 5.92 Å². The molecule has 0 aromatic heterocycles. The first kappa shape index (κ1) is 9.87. The number of hydrogen-bond donors (Lipinski definition) is 0. The van der Waals surface area contributed by atoms with E-state index in [1.54, 1.807) is 0 Å². The van der Waals surface area contributed by atoms with Gasteiger partial charge in [-0.25, -0.2) is 0 Å². The van der Waals surface area contributed by atoms with Gasteiger partial charge in [-0.15, -0.1) is 6.42 Å². The highest BCUT2D eigenvalue weighted by Crippen LogP contribution is 2.54. The Morgan fingerprint density at radius 1 is 1.67 bits per heavy atom. The van der Waals surface area contributed by atoms with Crippen molar-refractivity contribution in [2.75, 3.05) is 19.0 Å². The number of hydrogen-bond acceptors (Lipinski definition) is 1. The predicted octanol–water partition coefficient (Wildman–Crippen LogP) is 2.66. The summed E-state index contributed by atoms with van der Waals surface area (Å²) < 4.78 is 11.8. The van der Waals surface area contributed by atoms with Crippen LogP contribution in [0.25, 0.3) is 0 Å². The Morgan fingerprint density at radius 2 is 2.25 bits per heavy atom. The highest BCUT2D eigenvalue weighted by atomic mass is 31.2. The molecule has 1 nitrogen and oxygen atoms in total. The van der Waals surface area contributed by atoms with E-state index < -0.39 is 7.14 Å². The molecule has 2 heteroatoms. The van der Waals surface area contributed by atoms with Gasteiger partial charge in [0.25, 0.3) is 0 Å². The van der Waals surface area contributed by atoms with Gasteiger partial charge < -0.3 is 4.57 Å². The predicted molar refractivity (Wildman–Crippen MR) is 54.0 cm³/mol. The van der Waals surface area contributed by atoms with Crippen molar-refractivity contribution in [1.29, 1.82) is 0 Å². The van der Waals surface area contributed by atoms with Crippen molar-refractivity contribution >= 4 is 7.14 Å². The van der Waals surface area contributed by atoms with Crippen LogP contribution in [-0.2, 0) is 4.57 Å². The zero-order chi connectivity index (χ0) is 9.41. The van der Waals surface area contributed by atoms with E-state index in [1.165, 1.54) is 0 Å². The second-order valence-electron chi connectivity index (χ2n) is 4.42. The Morgan fingerprint density at radius 3 is 2.67 bits per heavy atom. The van der Waals surface area contributed by atoms with Gasteiger partial charge in [-0.2, -0.15) is 0 Å². The number of terminal acetylenes is 1. The first-order valence-electron chi connectivity index (χ1n) is 4.43. The molecule has 3 atom stereocenters. The van der Waals surface area contributed by atoms with Gasteiger partial charge in [0.05, 0.1) is 7.14 Å². The minimum Gasteiger partial charge on any atom is -0.324 e. The van der Waals surface area contributed by atoms with E-state index in [9.17, 15) is 4.57 Å². The fraction of sp³-hybridized carbons (Fsp3) is 0.800. The van der Waals surface area contributed by atoms with Gasteiger partial charge >= 0.3 is 0 Å². The summed E-state index contributed by atoms with van der Waals surface area (Å²) in [6, 6.07) is 0. The van der Waals surface area contributed by atoms with Crippen LogP contribution in [0.5, 0.6) is 0 Å². The lowest BCUT2D eigenvalue weighted by molar-refractivity contribution is 0.291. The van der Waals surface area contributed by atoms with Crippen molar-refractivity contribution in [2.24, 2.45) is 11.3 Å². The molecule has 0 amide bonds. The van der Waals surface area contributed by atoms with Crippen molar-refractivity contribution in [3.05, 3.63) is 0 Å². The summed E-state index contributed by atoms with van der Waals surface area (Å²) in [5, 5.41) is 0. The minimum absolute atomic E-state index is 0.01000. The topological polar surface area (TPSA) is 17.1 Å². The zero-order valence-corrected chi connectivity index (χ0v) is 9.03. The largest absolute Gasteiger partial charge is 0.324 e. The van der Waals surface area contributed by atoms with Crippen molar-refractivity contribution in [3.8, 4) is 12.3 Å². The van der Waals surface area contributed by atoms with Gasteiger partial charge in [-0.1, -0.05) is 12.8 Å². The lowest BCUT2D eigenvalue weighted by Gasteiger charge is -2.38. The lowest BCUT2D eigenvalue weighted by atomic mass is 9.77. The standard InChI is InChI=1S/C10H17OP/c1-5-10(3)6-7-12(4,11)8-9(10)2/h1,9H,6-8H2,2-4H3. The molecule has 0 aliphatic carbocycles. The fourth-order valence-corrected chi connectivity index (χ4v) is 4.48. The molecule has 0 radical (unpaired) electrons. The summed E-state index contributed by atoms with van der Waals surface area (Å²) in [4.78, 5) is 0. The summed E-state index contributed by atoms with van der Waals surface area (Å²) in [6.45, 7) is 6.13. The van der Waals surface area contributed by atoms with E-state index in [1.807, 2.05) is 6.66 Å². The molecular formula is C10H17OP. The second-order valence-corrected chi connectivity index (χ2v) is 7.82. The molecule has 1 aliphatic rings. The normalized spacial score (nSPS) is 48.3. The van der Waals surface area contributed by atoms with Gasteiger partial charge in [0.15, 0.2) is 0 Å². The molecule has 1 saturated heterocycles. The SMILES string of the molecule is C#CC1(C)CCP(C)(=O)CC1C. The molecule has 0 aromatic rings. The molecule has 0 saturated carbocycles. The molecule has 0 aromatic carbocycles. The molecule has 0 N–H and O–H groups in total. The van der Waals surface area contributed by atoms with Crippen LogP contribution < -0.4 is 0 Å². The molecule has 1 fully saturated rings. The van der Waals surface area contributed by atoms with Crippen LogP contribution in [0.1, 0.15) is 20.3 Å². The molecule has 1 aliphatic heterocycles. The molecule has 12 heavy (non-hydrogen) atoms. The summed E-state index contributed by atoms with van der Waals surface area (Å²) in [6.07, 6.45) is 8.06. The van der Waals surface area contributed by atoms with Crippen molar-refractivity contribution in [3.63, 3.8) is 0 Å². The van der Waals surface area contributed by atoms with Crippen LogP contribution in [0.4, 0.5) is 0 Å². The highest BCUT2D eigenvalue weighted by molar-refractivity contribution is 7.63. The van der Waals surface area contributed by atoms with Crippen molar-refractivity contribution in [2.45, 2.75) is 20.3 Å². The quantitative estimate of drug-likeness (QED) is 0.418. The molecule has 0 spiro atoms. The maximum Gasteiger partial charge on any atom is 0.0852 e. The Labute approximate surface area is 75.3 Å². The maximum absolute atomic E-state index is 11.8. The Balaban J connectivity index is 2.81. The summed E-state index contributed by atoms with van der Waals surface area (Å²) in [5.74, 6) is 3.26. The van der Waals surface area contributed by atoms with Gasteiger partial charge in [-0.05, 0) is 25.9 Å². The van der Waals surface area contributed by atoms with E-state index in [4.69, 9.17) is 6.42 Å². The average molecular weight is 184 g/mol. The van der Waals surface area contributed by atoms with E-state index in [2.05, 4.69) is 19.8 Å². The smallest absolute Gasteiger partial charge is 0.0852 e. The van der Waals surface area contributed by atoms with Gasteiger partial charge in [-0.3, -0.25) is 0 Å². The molecule has 3 unspecified atom stereocenters. The van der Waals surface area contributed by atoms with Gasteiger partial charge in [0.1, 0.15) is 0 Å².